The lowest BCUT2D eigenvalue weighted by molar-refractivity contribution is 1.07. The fourth-order valence-electron chi connectivity index (χ4n) is 9.50. The molecular weight excluding hydrogens is 771 g/mol. The third-order valence-corrected chi connectivity index (χ3v) is 12.7. The van der Waals surface area contributed by atoms with Gasteiger partial charge >= 0.3 is 0 Å². The van der Waals surface area contributed by atoms with Gasteiger partial charge in [-0.3, -0.25) is 4.98 Å². The number of pyridine rings is 1. The van der Waals surface area contributed by atoms with Crippen molar-refractivity contribution in [3.05, 3.63) is 212 Å². The van der Waals surface area contributed by atoms with Gasteiger partial charge in [0.05, 0.1) is 22.6 Å². The second kappa shape index (κ2) is 15.4. The molecular formula is C58H41N3S. The van der Waals surface area contributed by atoms with E-state index in [0.717, 1.165) is 60.5 Å². The van der Waals surface area contributed by atoms with Gasteiger partial charge in [0.2, 0.25) is 0 Å². The van der Waals surface area contributed by atoms with Gasteiger partial charge in [-0.25, -0.2) is 0 Å². The van der Waals surface area contributed by atoms with Crippen LogP contribution in [0.25, 0.3) is 111 Å². The summed E-state index contributed by atoms with van der Waals surface area (Å²) in [7, 11) is 0. The Morgan fingerprint density at radius 3 is 1.77 bits per heavy atom. The zero-order valence-corrected chi connectivity index (χ0v) is 35.0. The van der Waals surface area contributed by atoms with Crippen LogP contribution in [0.5, 0.6) is 0 Å². The summed E-state index contributed by atoms with van der Waals surface area (Å²) in [4.78, 5) is 5.29. The fraction of sp³-hybridized carbons (Fsp3) is 0.0172. The molecule has 11 rings (SSSR count). The largest absolute Gasteiger partial charge is 0.396 e. The van der Waals surface area contributed by atoms with Crippen LogP contribution in [-0.2, 0) is 0 Å². The molecule has 3 nitrogen and oxygen atoms in total. The van der Waals surface area contributed by atoms with Crippen molar-refractivity contribution in [2.24, 2.45) is 0 Å². The van der Waals surface area contributed by atoms with Crippen molar-refractivity contribution in [3.8, 4) is 61.3 Å². The summed E-state index contributed by atoms with van der Waals surface area (Å²) in [6.07, 6.45) is 7.87. The molecule has 9 aromatic carbocycles. The first-order valence-electron chi connectivity index (χ1n) is 21.0. The minimum Gasteiger partial charge on any atom is -0.396 e. The van der Waals surface area contributed by atoms with Crippen molar-refractivity contribution < 1.29 is 0 Å². The van der Waals surface area contributed by atoms with E-state index in [0.29, 0.717) is 0 Å². The number of para-hydroxylation sites is 1. The second-order valence-electron chi connectivity index (χ2n) is 15.8. The normalized spacial score (nSPS) is 11.7. The molecule has 4 heteroatoms. The molecule has 0 spiro atoms. The van der Waals surface area contributed by atoms with Gasteiger partial charge in [0.1, 0.15) is 0 Å². The number of anilines is 1. The predicted molar refractivity (Wildman–Crippen MR) is 267 cm³/mol. The summed E-state index contributed by atoms with van der Waals surface area (Å²) in [5.74, 6) is 0. The smallest absolute Gasteiger partial charge is 0.0695 e. The molecule has 294 valence electrons. The third-order valence-electron chi connectivity index (χ3n) is 12.3. The lowest BCUT2D eigenvalue weighted by atomic mass is 9.83. The van der Waals surface area contributed by atoms with Crippen LogP contribution in [0.1, 0.15) is 12.6 Å². The quantitative estimate of drug-likeness (QED) is 0.124. The zero-order chi connectivity index (χ0) is 41.7. The Bertz CT molecular complexity index is 3490. The molecule has 0 aliphatic rings. The van der Waals surface area contributed by atoms with E-state index >= 15 is 0 Å². The first-order chi connectivity index (χ1) is 30.6. The van der Waals surface area contributed by atoms with Crippen molar-refractivity contribution in [2.45, 2.75) is 11.8 Å². The number of aromatic nitrogens is 2. The van der Waals surface area contributed by atoms with Crippen LogP contribution in [0.3, 0.4) is 0 Å². The lowest BCUT2D eigenvalue weighted by Crippen LogP contribution is -1.99. The summed E-state index contributed by atoms with van der Waals surface area (Å²) >= 11 is 4.83. The van der Waals surface area contributed by atoms with Crippen LogP contribution in [0.2, 0.25) is 0 Å². The minimum absolute atomic E-state index is 0.741. The van der Waals surface area contributed by atoms with Gasteiger partial charge in [-0.05, 0) is 156 Å². The van der Waals surface area contributed by atoms with E-state index in [2.05, 4.69) is 185 Å². The Morgan fingerprint density at radius 1 is 0.468 bits per heavy atom. The summed E-state index contributed by atoms with van der Waals surface area (Å²) in [6.45, 7) is 2.02. The van der Waals surface area contributed by atoms with Gasteiger partial charge in [0.25, 0.3) is 0 Å². The number of fused-ring (bicyclic) bond motifs is 4. The Hall–Kier alpha value is -7.66. The van der Waals surface area contributed by atoms with Crippen LogP contribution in [0.15, 0.2) is 211 Å². The van der Waals surface area contributed by atoms with E-state index in [4.69, 9.17) is 18.4 Å². The first kappa shape index (κ1) is 37.3. The van der Waals surface area contributed by atoms with Gasteiger partial charge < -0.3 is 10.3 Å². The van der Waals surface area contributed by atoms with E-state index < -0.39 is 0 Å². The highest BCUT2D eigenvalue weighted by Gasteiger charge is 2.21. The SMILES string of the molecule is C/C=C\c1c(N)c2cc(-c3cc(-c4ccncc4)c4cc(-c5c6ccccc6c(-c6ccccc6-c6ccccc6)c6ccccc56)ccc4c3)ccc2n1-c1ccccc1S. The molecule has 0 saturated heterocycles. The average molecular weight is 812 g/mol. The molecule has 11 aromatic rings. The molecule has 0 aliphatic heterocycles. The second-order valence-corrected chi connectivity index (χ2v) is 16.3. The minimum atomic E-state index is 0.741. The number of thiol groups is 1. The topological polar surface area (TPSA) is 43.8 Å². The monoisotopic (exact) mass is 811 g/mol. The molecule has 62 heavy (non-hydrogen) atoms. The highest BCUT2D eigenvalue weighted by molar-refractivity contribution is 7.80. The molecule has 0 bridgehead atoms. The van der Waals surface area contributed by atoms with E-state index in [1.807, 2.05) is 43.6 Å². The van der Waals surface area contributed by atoms with E-state index in [1.165, 1.54) is 60.3 Å². The van der Waals surface area contributed by atoms with Crippen LogP contribution < -0.4 is 5.73 Å². The number of nitrogens with zero attached hydrogens (tertiary/aromatic N) is 2. The summed E-state index contributed by atoms with van der Waals surface area (Å²) < 4.78 is 2.21. The third kappa shape index (κ3) is 6.19. The van der Waals surface area contributed by atoms with Gasteiger partial charge in [-0.2, -0.15) is 0 Å². The summed E-state index contributed by atoms with van der Waals surface area (Å²) in [5.41, 5.74) is 22.5. The number of nitrogen functional groups attached to an aromatic ring is 1. The van der Waals surface area contributed by atoms with Crippen molar-refractivity contribution in [1.29, 1.82) is 0 Å². The Balaban J connectivity index is 1.12. The maximum atomic E-state index is 6.99. The molecule has 2 aromatic heterocycles. The highest BCUT2D eigenvalue weighted by Crippen LogP contribution is 2.47. The van der Waals surface area contributed by atoms with Crippen molar-refractivity contribution in [2.75, 3.05) is 5.73 Å². The van der Waals surface area contributed by atoms with E-state index in [9.17, 15) is 0 Å². The number of allylic oxidation sites excluding steroid dienone is 1. The molecule has 0 atom stereocenters. The van der Waals surface area contributed by atoms with Crippen molar-refractivity contribution in [3.63, 3.8) is 0 Å². The molecule has 2 heterocycles. The number of benzene rings is 9. The lowest BCUT2D eigenvalue weighted by Gasteiger charge is -2.20. The van der Waals surface area contributed by atoms with E-state index in [1.54, 1.807) is 0 Å². The van der Waals surface area contributed by atoms with Crippen molar-refractivity contribution >= 4 is 67.6 Å². The first-order valence-corrected chi connectivity index (χ1v) is 21.4. The molecule has 0 unspecified atom stereocenters. The zero-order valence-electron chi connectivity index (χ0n) is 34.1. The number of nitrogens with two attached hydrogens (primary N) is 1. The molecule has 0 amide bonds. The maximum Gasteiger partial charge on any atom is 0.0695 e. The van der Waals surface area contributed by atoms with Crippen LogP contribution >= 0.6 is 12.6 Å². The average Bonchev–Trinajstić information content (AvgIpc) is 3.60. The Labute approximate surface area is 366 Å². The maximum absolute atomic E-state index is 6.99. The van der Waals surface area contributed by atoms with Crippen molar-refractivity contribution in [1.82, 2.24) is 9.55 Å². The molecule has 2 N–H and O–H groups in total. The van der Waals surface area contributed by atoms with Crippen LogP contribution in [0, 0.1) is 0 Å². The Morgan fingerprint density at radius 2 is 1.06 bits per heavy atom. The number of hydrogen-bond donors (Lipinski definition) is 2. The molecule has 0 saturated carbocycles. The molecule has 0 aliphatic carbocycles. The van der Waals surface area contributed by atoms with Gasteiger partial charge in [-0.1, -0.05) is 140 Å². The molecule has 0 fully saturated rings. The van der Waals surface area contributed by atoms with Gasteiger partial charge in [-0.15, -0.1) is 12.6 Å². The standard InChI is InChI=1S/C58H41N3S/c1-2-14-54-58(59)51-34-39(27-28-52(51)61(54)53-23-12-13-24-55(53)62)42-33-40-25-26-41(35-50(40)49(36-42)38-29-31-60-32-30-38)56-45-19-8-10-21-47(45)57(48-22-11-9-20-46(48)56)44-18-7-6-17-43(44)37-15-4-3-5-16-37/h2-36,62H,59H2,1H3/b14-2-. The summed E-state index contributed by atoms with van der Waals surface area (Å²) in [6, 6.07) is 67.9. The van der Waals surface area contributed by atoms with Crippen LogP contribution in [-0.4, -0.2) is 9.55 Å². The molecule has 0 radical (unpaired) electrons. The predicted octanol–water partition coefficient (Wildman–Crippen LogP) is 15.7. The highest BCUT2D eigenvalue weighted by atomic mass is 32.1. The number of rotatable bonds is 7. The van der Waals surface area contributed by atoms with Gasteiger partial charge in [0, 0.05) is 22.7 Å². The fourth-order valence-corrected chi connectivity index (χ4v) is 9.76. The van der Waals surface area contributed by atoms with E-state index in [-0.39, 0.29) is 0 Å². The van der Waals surface area contributed by atoms with Crippen LogP contribution in [0.4, 0.5) is 5.69 Å². The number of hydrogen-bond acceptors (Lipinski definition) is 3. The Kier molecular flexibility index (Phi) is 9.29. The summed E-state index contributed by atoms with van der Waals surface area (Å²) in [5, 5.41) is 8.24. The van der Waals surface area contributed by atoms with Gasteiger partial charge in [0.15, 0.2) is 0 Å².